The number of rotatable bonds is 7. The number of hydrogen-bond donors (Lipinski definition) is 2. The first-order valence-corrected chi connectivity index (χ1v) is 8.50. The van der Waals surface area contributed by atoms with E-state index in [0.29, 0.717) is 17.8 Å². The molecule has 24 heavy (non-hydrogen) atoms. The lowest BCUT2D eigenvalue weighted by molar-refractivity contribution is -0.115. The third kappa shape index (κ3) is 4.99. The van der Waals surface area contributed by atoms with Gasteiger partial charge in [0.1, 0.15) is 0 Å². The zero-order valence-corrected chi connectivity index (χ0v) is 14.3. The maximum absolute atomic E-state index is 12.4. The van der Waals surface area contributed by atoms with Crippen LogP contribution in [0.1, 0.15) is 17.3 Å². The fraction of sp³-hybridized carbons (Fsp3) is 0.158. The van der Waals surface area contributed by atoms with E-state index in [9.17, 15) is 9.59 Å². The maximum atomic E-state index is 12.4. The van der Waals surface area contributed by atoms with Gasteiger partial charge in [-0.15, -0.1) is 18.3 Å². The zero-order valence-electron chi connectivity index (χ0n) is 13.5. The highest BCUT2D eigenvalue weighted by atomic mass is 32.2. The van der Waals surface area contributed by atoms with Gasteiger partial charge in [-0.2, -0.15) is 0 Å². The van der Waals surface area contributed by atoms with Gasteiger partial charge in [0.2, 0.25) is 5.91 Å². The fourth-order valence-electron chi connectivity index (χ4n) is 2.04. The molecule has 4 nitrogen and oxygen atoms in total. The summed E-state index contributed by atoms with van der Waals surface area (Å²) >= 11 is 1.47. The number of thioether (sulfide) groups is 1. The van der Waals surface area contributed by atoms with E-state index in [4.69, 9.17) is 0 Å². The van der Waals surface area contributed by atoms with Gasteiger partial charge in [-0.05, 0) is 31.2 Å². The van der Waals surface area contributed by atoms with Gasteiger partial charge in [-0.3, -0.25) is 9.59 Å². The van der Waals surface area contributed by atoms with Crippen molar-refractivity contribution in [3.05, 3.63) is 72.8 Å². The molecule has 0 aliphatic carbocycles. The number of carbonyl (C=O) groups excluding carboxylic acids is 2. The molecule has 2 amide bonds. The molecule has 0 spiro atoms. The van der Waals surface area contributed by atoms with Crippen LogP contribution in [-0.2, 0) is 4.79 Å². The van der Waals surface area contributed by atoms with Crippen molar-refractivity contribution in [2.45, 2.75) is 17.1 Å². The normalized spacial score (nSPS) is 11.4. The summed E-state index contributed by atoms with van der Waals surface area (Å²) in [5, 5.41) is 5.28. The Bertz CT molecular complexity index is 716. The smallest absolute Gasteiger partial charge is 0.253 e. The first-order chi connectivity index (χ1) is 11.6. The van der Waals surface area contributed by atoms with E-state index < -0.39 is 0 Å². The van der Waals surface area contributed by atoms with Gasteiger partial charge in [0.05, 0.1) is 16.5 Å². The Morgan fingerprint density at radius 1 is 1.12 bits per heavy atom. The van der Waals surface area contributed by atoms with E-state index >= 15 is 0 Å². The quantitative estimate of drug-likeness (QED) is 0.596. The third-order valence-electron chi connectivity index (χ3n) is 3.26. The summed E-state index contributed by atoms with van der Waals surface area (Å²) in [5.74, 6) is -0.387. The second kappa shape index (κ2) is 8.93. The molecule has 2 aromatic carbocycles. The summed E-state index contributed by atoms with van der Waals surface area (Å²) in [6.45, 7) is 5.79. The van der Waals surface area contributed by atoms with Gasteiger partial charge < -0.3 is 10.6 Å². The Labute approximate surface area is 146 Å². The lowest BCUT2D eigenvalue weighted by Crippen LogP contribution is -2.27. The number of amides is 2. The largest absolute Gasteiger partial charge is 0.349 e. The third-order valence-corrected chi connectivity index (χ3v) is 4.37. The molecule has 0 saturated heterocycles. The number of carbonyl (C=O) groups is 2. The topological polar surface area (TPSA) is 58.2 Å². The van der Waals surface area contributed by atoms with E-state index in [0.717, 1.165) is 4.90 Å². The van der Waals surface area contributed by atoms with Crippen molar-refractivity contribution in [1.82, 2.24) is 5.32 Å². The van der Waals surface area contributed by atoms with Crippen molar-refractivity contribution < 1.29 is 9.59 Å². The predicted octanol–water partition coefficient (Wildman–Crippen LogP) is 3.72. The molecular weight excluding hydrogens is 320 g/mol. The van der Waals surface area contributed by atoms with Gasteiger partial charge in [-0.1, -0.05) is 36.4 Å². The first kappa shape index (κ1) is 17.8. The Morgan fingerprint density at radius 3 is 2.50 bits per heavy atom. The average Bonchev–Trinajstić information content (AvgIpc) is 2.61. The summed E-state index contributed by atoms with van der Waals surface area (Å²) in [7, 11) is 0. The van der Waals surface area contributed by atoms with E-state index in [2.05, 4.69) is 17.2 Å². The number of benzene rings is 2. The van der Waals surface area contributed by atoms with Crippen molar-refractivity contribution in [1.29, 1.82) is 0 Å². The molecular formula is C19H20N2O2S. The molecule has 0 saturated carbocycles. The number of nitrogens with one attached hydrogen (secondary N) is 2. The van der Waals surface area contributed by atoms with Crippen LogP contribution in [0.15, 0.2) is 72.1 Å². The van der Waals surface area contributed by atoms with Crippen LogP contribution < -0.4 is 10.6 Å². The number of hydrogen-bond acceptors (Lipinski definition) is 3. The van der Waals surface area contributed by atoms with Crippen molar-refractivity contribution >= 4 is 29.3 Å². The molecule has 0 unspecified atom stereocenters. The lowest BCUT2D eigenvalue weighted by atomic mass is 10.1. The summed E-state index contributed by atoms with van der Waals surface area (Å²) in [6, 6.07) is 16.7. The minimum Gasteiger partial charge on any atom is -0.349 e. The van der Waals surface area contributed by atoms with Crippen LogP contribution in [0, 0.1) is 0 Å². The average molecular weight is 340 g/mol. The Balaban J connectivity index is 2.05. The van der Waals surface area contributed by atoms with Crippen LogP contribution in [0.2, 0.25) is 0 Å². The Hall–Kier alpha value is -2.53. The Morgan fingerprint density at radius 2 is 1.79 bits per heavy atom. The highest BCUT2D eigenvalue weighted by Gasteiger charge is 2.17. The van der Waals surface area contributed by atoms with E-state index in [-0.39, 0.29) is 17.1 Å². The second-order valence-corrected chi connectivity index (χ2v) is 6.52. The molecule has 1 atom stereocenters. The molecule has 5 heteroatoms. The molecule has 2 aromatic rings. The van der Waals surface area contributed by atoms with Crippen LogP contribution in [0.25, 0.3) is 0 Å². The van der Waals surface area contributed by atoms with Gasteiger partial charge >= 0.3 is 0 Å². The van der Waals surface area contributed by atoms with E-state index in [1.54, 1.807) is 30.3 Å². The van der Waals surface area contributed by atoms with Crippen LogP contribution in [0.4, 0.5) is 5.69 Å². The van der Waals surface area contributed by atoms with E-state index in [1.165, 1.54) is 11.8 Å². The summed E-state index contributed by atoms with van der Waals surface area (Å²) in [6.07, 6.45) is 1.61. The standard InChI is InChI=1S/C19H20N2O2S/c1-3-13-20-19(23)16-11-7-8-12-17(16)21-18(22)14(2)24-15-9-5-4-6-10-15/h3-12,14H,1,13H2,2H3,(H,20,23)(H,21,22)/t14-/m1/s1. The Kier molecular flexibility index (Phi) is 6.63. The first-order valence-electron chi connectivity index (χ1n) is 7.62. The van der Waals surface area contributed by atoms with Gasteiger partial charge in [-0.25, -0.2) is 0 Å². The minimum atomic E-state index is -0.281. The van der Waals surface area contributed by atoms with Crippen molar-refractivity contribution in [3.63, 3.8) is 0 Å². The summed E-state index contributed by atoms with van der Waals surface area (Å²) in [5.41, 5.74) is 0.939. The highest BCUT2D eigenvalue weighted by molar-refractivity contribution is 8.00. The number of anilines is 1. The zero-order chi connectivity index (χ0) is 17.4. The van der Waals surface area contributed by atoms with E-state index in [1.807, 2.05) is 37.3 Å². The maximum Gasteiger partial charge on any atom is 0.253 e. The van der Waals surface area contributed by atoms with Crippen molar-refractivity contribution in [3.8, 4) is 0 Å². The molecule has 0 aromatic heterocycles. The predicted molar refractivity (Wildman–Crippen MR) is 99.4 cm³/mol. The summed E-state index contributed by atoms with van der Waals surface area (Å²) < 4.78 is 0. The molecule has 0 aliphatic heterocycles. The molecule has 2 N–H and O–H groups in total. The fourth-order valence-corrected chi connectivity index (χ4v) is 2.93. The minimum absolute atomic E-state index is 0.146. The molecule has 0 radical (unpaired) electrons. The second-order valence-electron chi connectivity index (χ2n) is 5.11. The molecule has 0 aliphatic rings. The molecule has 2 rings (SSSR count). The highest BCUT2D eigenvalue weighted by Crippen LogP contribution is 2.24. The number of para-hydroxylation sites is 1. The lowest BCUT2D eigenvalue weighted by Gasteiger charge is -2.14. The SMILES string of the molecule is C=CCNC(=O)c1ccccc1NC(=O)[C@@H](C)Sc1ccccc1. The van der Waals surface area contributed by atoms with Crippen LogP contribution in [0.3, 0.4) is 0 Å². The van der Waals surface area contributed by atoms with Crippen LogP contribution in [-0.4, -0.2) is 23.6 Å². The molecule has 0 bridgehead atoms. The molecule has 0 heterocycles. The summed E-state index contributed by atoms with van der Waals surface area (Å²) in [4.78, 5) is 25.6. The molecule has 124 valence electrons. The molecule has 0 fully saturated rings. The van der Waals surface area contributed by atoms with Crippen LogP contribution >= 0.6 is 11.8 Å². The van der Waals surface area contributed by atoms with Crippen molar-refractivity contribution in [2.75, 3.05) is 11.9 Å². The monoisotopic (exact) mass is 340 g/mol. The van der Waals surface area contributed by atoms with Crippen molar-refractivity contribution in [2.24, 2.45) is 0 Å². The van der Waals surface area contributed by atoms with Crippen LogP contribution in [0.5, 0.6) is 0 Å². The van der Waals surface area contributed by atoms with Gasteiger partial charge in [0.15, 0.2) is 0 Å². The van der Waals surface area contributed by atoms with Gasteiger partial charge in [0.25, 0.3) is 5.91 Å². The van der Waals surface area contributed by atoms with Gasteiger partial charge in [0, 0.05) is 11.4 Å².